The van der Waals surface area contributed by atoms with Gasteiger partial charge in [-0.05, 0) is 91.3 Å². The zero-order valence-corrected chi connectivity index (χ0v) is 23.1. The summed E-state index contributed by atoms with van der Waals surface area (Å²) in [6.07, 6.45) is 12.5. The lowest BCUT2D eigenvalue weighted by Gasteiger charge is -2.70. The molecule has 3 saturated carbocycles. The van der Waals surface area contributed by atoms with Gasteiger partial charge in [0, 0.05) is 16.4 Å². The monoisotopic (exact) mass is 507 g/mol. The number of carbonyl (C=O) groups is 3. The number of aliphatic hydroxyl groups excluding tert-OH is 1. The number of nitrogens with one attached hydrogen (secondary N) is 1. The van der Waals surface area contributed by atoms with Crippen molar-refractivity contribution >= 4 is 17.7 Å². The van der Waals surface area contributed by atoms with Crippen LogP contribution in [0, 0.1) is 33.0 Å². The molecule has 3 N–H and O–H groups in total. The molecule has 3 fully saturated rings. The average Bonchev–Trinajstić information content (AvgIpc) is 2.84. The normalized spacial score (nSPS) is 42.8. The molecule has 5 aliphatic carbocycles. The molecular formula is C31H41NO5. The van der Waals surface area contributed by atoms with E-state index in [1.54, 1.807) is 6.08 Å². The minimum atomic E-state index is -1.02. The van der Waals surface area contributed by atoms with E-state index in [4.69, 9.17) is 5.11 Å². The minimum absolute atomic E-state index is 0.0439. The number of aliphatic carboxylic acids is 1. The molecule has 0 spiro atoms. The smallest absolute Gasteiger partial charge is 0.322 e. The number of aliphatic hydroxyl groups is 1. The first-order valence-electron chi connectivity index (χ1n) is 13.7. The van der Waals surface area contributed by atoms with Gasteiger partial charge in [-0.25, -0.2) is 0 Å². The predicted molar refractivity (Wildman–Crippen MR) is 142 cm³/mol. The number of ketones is 1. The highest BCUT2D eigenvalue weighted by atomic mass is 16.4. The van der Waals surface area contributed by atoms with Gasteiger partial charge in [0.05, 0.1) is 0 Å². The van der Waals surface area contributed by atoms with Crippen LogP contribution in [-0.4, -0.2) is 34.4 Å². The number of rotatable bonds is 3. The van der Waals surface area contributed by atoms with Gasteiger partial charge in [-0.15, -0.1) is 0 Å². The van der Waals surface area contributed by atoms with Gasteiger partial charge in [0.15, 0.2) is 5.76 Å². The van der Waals surface area contributed by atoms with E-state index in [9.17, 15) is 19.5 Å². The molecule has 0 aromatic carbocycles. The van der Waals surface area contributed by atoms with Gasteiger partial charge in [0.1, 0.15) is 6.54 Å². The van der Waals surface area contributed by atoms with Crippen LogP contribution in [0.5, 0.6) is 0 Å². The van der Waals surface area contributed by atoms with Crippen LogP contribution in [0.25, 0.3) is 0 Å². The highest BCUT2D eigenvalue weighted by Crippen LogP contribution is 2.75. The van der Waals surface area contributed by atoms with Gasteiger partial charge in [-0.1, -0.05) is 52.3 Å². The van der Waals surface area contributed by atoms with E-state index in [0.29, 0.717) is 11.5 Å². The van der Waals surface area contributed by atoms with E-state index in [2.05, 4.69) is 45.2 Å². The Bertz CT molecular complexity index is 1240. The van der Waals surface area contributed by atoms with Gasteiger partial charge in [-0.3, -0.25) is 14.4 Å². The summed E-state index contributed by atoms with van der Waals surface area (Å²) in [4.78, 5) is 37.0. The molecule has 1 amide bonds. The molecule has 6 atom stereocenters. The Morgan fingerprint density at radius 1 is 1.00 bits per heavy atom. The number of carboxylic acids is 1. The fourth-order valence-electron chi connectivity index (χ4n) is 9.03. The molecule has 0 aromatic heterocycles. The van der Waals surface area contributed by atoms with Crippen molar-refractivity contribution < 1.29 is 24.6 Å². The maximum Gasteiger partial charge on any atom is 0.322 e. The van der Waals surface area contributed by atoms with E-state index >= 15 is 0 Å². The van der Waals surface area contributed by atoms with E-state index in [1.807, 2.05) is 13.8 Å². The quantitative estimate of drug-likeness (QED) is 0.447. The molecule has 37 heavy (non-hydrogen) atoms. The van der Waals surface area contributed by atoms with Crippen LogP contribution in [0.4, 0.5) is 0 Å². The summed E-state index contributed by atoms with van der Waals surface area (Å²) in [5, 5.41) is 22.1. The van der Waals surface area contributed by atoms with E-state index in [0.717, 1.165) is 56.1 Å². The molecular weight excluding hydrogens is 466 g/mol. The Morgan fingerprint density at radius 2 is 1.68 bits per heavy atom. The summed E-state index contributed by atoms with van der Waals surface area (Å²) in [7, 11) is 0. The molecule has 0 saturated heterocycles. The van der Waals surface area contributed by atoms with Crippen LogP contribution in [0.3, 0.4) is 0 Å². The lowest BCUT2D eigenvalue weighted by molar-refractivity contribution is -0.169. The van der Waals surface area contributed by atoms with Crippen LogP contribution < -0.4 is 5.32 Å². The van der Waals surface area contributed by atoms with Crippen LogP contribution in [0.2, 0.25) is 0 Å². The molecule has 200 valence electrons. The Labute approximate surface area is 220 Å². The molecule has 0 radical (unpaired) electrons. The van der Waals surface area contributed by atoms with Gasteiger partial charge in [-0.2, -0.15) is 0 Å². The molecule has 0 bridgehead atoms. The molecule has 6 nitrogen and oxygen atoms in total. The third-order valence-corrected chi connectivity index (χ3v) is 11.8. The summed E-state index contributed by atoms with van der Waals surface area (Å²) in [5.74, 6) is -1.31. The lowest BCUT2D eigenvalue weighted by Crippen LogP contribution is -2.62. The Morgan fingerprint density at radius 3 is 2.35 bits per heavy atom. The number of hydrogen-bond acceptors (Lipinski definition) is 4. The van der Waals surface area contributed by atoms with Crippen molar-refractivity contribution in [1.29, 1.82) is 0 Å². The van der Waals surface area contributed by atoms with Crippen molar-refractivity contribution in [1.82, 2.24) is 5.32 Å². The summed E-state index contributed by atoms with van der Waals surface area (Å²) >= 11 is 0. The van der Waals surface area contributed by atoms with Crippen molar-refractivity contribution in [3.8, 4) is 0 Å². The molecule has 6 heteroatoms. The highest BCUT2D eigenvalue weighted by Gasteiger charge is 2.67. The van der Waals surface area contributed by atoms with Crippen LogP contribution in [0.1, 0.15) is 86.5 Å². The maximum atomic E-state index is 13.2. The SMILES string of the molecule is CC1=C(O)C(=O)C=C2C1=CC=C1[C@@]2(C)CC[C@@]2(C)[C@@H]3C[C@](C)(C(=O)NCC(=O)O)CC[C@]3(C)CC[C@]12C. The van der Waals surface area contributed by atoms with Gasteiger partial charge in [0.25, 0.3) is 0 Å². The minimum Gasteiger partial charge on any atom is -0.504 e. The van der Waals surface area contributed by atoms with Gasteiger partial charge in [0.2, 0.25) is 11.7 Å². The first-order chi connectivity index (χ1) is 17.1. The van der Waals surface area contributed by atoms with Gasteiger partial charge < -0.3 is 15.5 Å². The Hall–Kier alpha value is -2.63. The average molecular weight is 508 g/mol. The van der Waals surface area contributed by atoms with Crippen molar-refractivity contribution in [3.63, 3.8) is 0 Å². The first kappa shape index (κ1) is 26.0. The number of amides is 1. The van der Waals surface area contributed by atoms with E-state index in [1.165, 1.54) is 5.57 Å². The summed E-state index contributed by atoms with van der Waals surface area (Å²) in [6.45, 7) is 13.0. The molecule has 0 unspecified atom stereocenters. The Balaban J connectivity index is 1.56. The number of carbonyl (C=O) groups excluding carboxylic acids is 2. The zero-order chi connectivity index (χ0) is 27.2. The molecule has 0 aromatic rings. The second-order valence-corrected chi connectivity index (χ2v) is 13.7. The van der Waals surface area contributed by atoms with E-state index < -0.39 is 11.4 Å². The van der Waals surface area contributed by atoms with Crippen molar-refractivity contribution in [2.75, 3.05) is 6.54 Å². The van der Waals surface area contributed by atoms with E-state index in [-0.39, 0.29) is 45.7 Å². The number of carboxylic acid groups (broad SMARTS) is 1. The first-order valence-corrected chi connectivity index (χ1v) is 13.7. The summed E-state index contributed by atoms with van der Waals surface area (Å²) in [6, 6.07) is 0. The van der Waals surface area contributed by atoms with Crippen molar-refractivity contribution in [3.05, 3.63) is 46.3 Å². The molecule has 5 aliphatic rings. The number of allylic oxidation sites excluding steroid dienone is 7. The fraction of sp³-hybridized carbons (Fsp3) is 0.645. The third kappa shape index (κ3) is 3.39. The summed E-state index contributed by atoms with van der Waals surface area (Å²) in [5.41, 5.74) is 3.14. The zero-order valence-electron chi connectivity index (χ0n) is 23.1. The highest BCUT2D eigenvalue weighted by molar-refractivity contribution is 6.06. The predicted octanol–water partition coefficient (Wildman–Crippen LogP) is 5.81. The maximum absolute atomic E-state index is 13.2. The fourth-order valence-corrected chi connectivity index (χ4v) is 9.03. The standard InChI is InChI=1S/C31H41NO5/c1-18-19-7-8-22-29(4,20(19)15-21(33)25(18)36)12-14-31(6)23-16-28(3,26(37)32-17-24(34)35)10-9-27(23,2)11-13-30(22,31)5/h7-8,15,23,36H,9-14,16-17H2,1-6H3,(H,32,37)(H,34,35)/t23-,27-,28-,29+,30-,31+/m1/s1. The number of fused-ring (bicyclic) bond motifs is 7. The molecule has 0 aliphatic heterocycles. The Kier molecular flexibility index (Phi) is 5.58. The van der Waals surface area contributed by atoms with Crippen molar-refractivity contribution in [2.45, 2.75) is 86.5 Å². The molecule has 5 rings (SSSR count). The van der Waals surface area contributed by atoms with Crippen LogP contribution >= 0.6 is 0 Å². The number of hydrogen-bond donors (Lipinski definition) is 3. The lowest BCUT2D eigenvalue weighted by atomic mass is 9.34. The third-order valence-electron chi connectivity index (χ3n) is 11.8. The molecule has 0 heterocycles. The summed E-state index contributed by atoms with van der Waals surface area (Å²) < 4.78 is 0. The van der Waals surface area contributed by atoms with Crippen molar-refractivity contribution in [2.24, 2.45) is 33.0 Å². The second-order valence-electron chi connectivity index (χ2n) is 13.7. The largest absolute Gasteiger partial charge is 0.504 e. The topological polar surface area (TPSA) is 104 Å². The van der Waals surface area contributed by atoms with Crippen LogP contribution in [0.15, 0.2) is 46.3 Å². The van der Waals surface area contributed by atoms with Gasteiger partial charge >= 0.3 is 5.97 Å². The second kappa shape index (κ2) is 7.94. The van der Waals surface area contributed by atoms with Crippen LogP contribution in [-0.2, 0) is 14.4 Å².